The van der Waals surface area contributed by atoms with E-state index in [1.807, 2.05) is 0 Å². The van der Waals surface area contributed by atoms with E-state index < -0.39 is 97.5 Å². The smallest absolute Gasteiger partial charge is 0.462 e. The summed E-state index contributed by atoms with van der Waals surface area (Å²) in [5, 5.41) is 10.6. The van der Waals surface area contributed by atoms with E-state index in [2.05, 4.69) is 41.5 Å². The zero-order valence-corrected chi connectivity index (χ0v) is 62.3. The molecule has 2 unspecified atom stereocenters. The van der Waals surface area contributed by atoms with E-state index in [4.69, 9.17) is 37.0 Å². The second-order valence-corrected chi connectivity index (χ2v) is 30.5. The molecule has 0 amide bonds. The van der Waals surface area contributed by atoms with Crippen molar-refractivity contribution in [2.45, 2.75) is 400 Å². The summed E-state index contributed by atoms with van der Waals surface area (Å²) < 4.78 is 68.4. The summed E-state index contributed by atoms with van der Waals surface area (Å²) in [4.78, 5) is 72.6. The van der Waals surface area contributed by atoms with Gasteiger partial charge in [0.15, 0.2) is 12.2 Å². The summed E-state index contributed by atoms with van der Waals surface area (Å²) in [6.07, 6.45) is 52.9. The molecule has 0 aliphatic heterocycles. The molecule has 0 rings (SSSR count). The van der Waals surface area contributed by atoms with Gasteiger partial charge in [-0.1, -0.05) is 330 Å². The van der Waals surface area contributed by atoms with Gasteiger partial charge >= 0.3 is 39.5 Å². The highest BCUT2D eigenvalue weighted by atomic mass is 31.2. The van der Waals surface area contributed by atoms with Crippen LogP contribution in [0.3, 0.4) is 0 Å². The van der Waals surface area contributed by atoms with E-state index in [-0.39, 0.29) is 25.7 Å². The number of ether oxygens (including phenoxy) is 4. The molecule has 0 aromatic heterocycles. The van der Waals surface area contributed by atoms with Crippen LogP contribution < -0.4 is 0 Å². The molecule has 0 aromatic rings. The lowest BCUT2D eigenvalue weighted by Gasteiger charge is -2.21. The van der Waals surface area contributed by atoms with Crippen LogP contribution in [0.5, 0.6) is 0 Å². The average molecular weight is 1370 g/mol. The number of esters is 4. The molecule has 0 aliphatic carbocycles. The van der Waals surface area contributed by atoms with Gasteiger partial charge in [0.25, 0.3) is 0 Å². The Balaban J connectivity index is 5.21. The van der Waals surface area contributed by atoms with Crippen LogP contribution >= 0.6 is 15.6 Å². The van der Waals surface area contributed by atoms with Crippen molar-refractivity contribution in [3.63, 3.8) is 0 Å². The van der Waals surface area contributed by atoms with E-state index in [9.17, 15) is 43.2 Å². The number of phosphoric ester groups is 2. The van der Waals surface area contributed by atoms with Gasteiger partial charge < -0.3 is 33.8 Å². The Kier molecular flexibility index (Phi) is 64.6. The van der Waals surface area contributed by atoms with Gasteiger partial charge in [-0.3, -0.25) is 37.3 Å². The van der Waals surface area contributed by atoms with Crippen LogP contribution in [0.2, 0.25) is 0 Å². The Hall–Kier alpha value is -1.94. The second-order valence-electron chi connectivity index (χ2n) is 27.6. The van der Waals surface area contributed by atoms with Crippen molar-refractivity contribution in [2.24, 2.45) is 11.8 Å². The highest BCUT2D eigenvalue weighted by molar-refractivity contribution is 7.47. The van der Waals surface area contributed by atoms with Gasteiger partial charge in [0.1, 0.15) is 19.3 Å². The first-order chi connectivity index (χ1) is 44.9. The van der Waals surface area contributed by atoms with Crippen LogP contribution in [-0.4, -0.2) is 96.7 Å². The Morgan fingerprint density at radius 3 is 0.731 bits per heavy atom. The maximum Gasteiger partial charge on any atom is 0.472 e. The summed E-state index contributed by atoms with van der Waals surface area (Å²) >= 11 is 0. The average Bonchev–Trinajstić information content (AvgIpc) is 2.43. The molecule has 0 radical (unpaired) electrons. The third-order valence-electron chi connectivity index (χ3n) is 17.2. The molecule has 17 nitrogen and oxygen atoms in total. The van der Waals surface area contributed by atoms with E-state index >= 15 is 0 Å². The number of carbonyl (C=O) groups is 4. The highest BCUT2D eigenvalue weighted by Gasteiger charge is 2.30. The van der Waals surface area contributed by atoms with Crippen molar-refractivity contribution in [1.82, 2.24) is 0 Å². The monoisotopic (exact) mass is 1370 g/mol. The summed E-state index contributed by atoms with van der Waals surface area (Å²) in [6.45, 7) is 9.51. The van der Waals surface area contributed by atoms with Crippen molar-refractivity contribution in [1.29, 1.82) is 0 Å². The Morgan fingerprint density at radius 1 is 0.290 bits per heavy atom. The minimum absolute atomic E-state index is 0.105. The van der Waals surface area contributed by atoms with Crippen LogP contribution in [-0.2, 0) is 65.4 Å². The van der Waals surface area contributed by atoms with Crippen LogP contribution in [0.15, 0.2) is 0 Å². The van der Waals surface area contributed by atoms with Gasteiger partial charge in [0.2, 0.25) is 0 Å². The Morgan fingerprint density at radius 2 is 0.495 bits per heavy atom. The predicted molar refractivity (Wildman–Crippen MR) is 377 cm³/mol. The third kappa shape index (κ3) is 68.4. The van der Waals surface area contributed by atoms with E-state index in [1.165, 1.54) is 193 Å². The Bertz CT molecular complexity index is 1800. The van der Waals surface area contributed by atoms with Gasteiger partial charge in [-0.15, -0.1) is 0 Å². The molecule has 0 saturated carbocycles. The second kappa shape index (κ2) is 66.0. The number of unbranched alkanes of at least 4 members (excludes halogenated alkanes) is 43. The molecule has 3 N–H and O–H groups in total. The van der Waals surface area contributed by atoms with Gasteiger partial charge in [-0.25, -0.2) is 9.13 Å². The molecule has 19 heteroatoms. The fourth-order valence-corrected chi connectivity index (χ4v) is 12.9. The number of hydrogen-bond donors (Lipinski definition) is 3. The van der Waals surface area contributed by atoms with Gasteiger partial charge in [0.05, 0.1) is 26.4 Å². The van der Waals surface area contributed by atoms with Crippen LogP contribution in [0.25, 0.3) is 0 Å². The molecule has 0 fully saturated rings. The molecule has 0 heterocycles. The molecule has 5 atom stereocenters. The van der Waals surface area contributed by atoms with Crippen LogP contribution in [0.4, 0.5) is 0 Å². The molecule has 93 heavy (non-hydrogen) atoms. The number of aliphatic hydroxyl groups excluding tert-OH is 1. The van der Waals surface area contributed by atoms with Crippen molar-refractivity contribution in [3.05, 3.63) is 0 Å². The Labute approximate surface area is 568 Å². The minimum atomic E-state index is -4.96. The fourth-order valence-electron chi connectivity index (χ4n) is 11.3. The maximum absolute atomic E-state index is 13.1. The van der Waals surface area contributed by atoms with Crippen molar-refractivity contribution in [2.75, 3.05) is 39.6 Å². The lowest BCUT2D eigenvalue weighted by Crippen LogP contribution is -2.30. The van der Waals surface area contributed by atoms with Crippen molar-refractivity contribution < 1.29 is 80.2 Å². The number of carbonyl (C=O) groups excluding carboxylic acids is 4. The molecule has 552 valence electrons. The van der Waals surface area contributed by atoms with E-state index in [1.54, 1.807) is 0 Å². The molecule has 0 bridgehead atoms. The molecule has 0 spiro atoms. The summed E-state index contributed by atoms with van der Waals surface area (Å²) in [5.41, 5.74) is 0. The van der Waals surface area contributed by atoms with E-state index in [0.717, 1.165) is 102 Å². The third-order valence-corrected chi connectivity index (χ3v) is 19.1. The lowest BCUT2D eigenvalue weighted by atomic mass is 10.0. The van der Waals surface area contributed by atoms with Crippen LogP contribution in [0.1, 0.15) is 382 Å². The first-order valence-corrected chi connectivity index (χ1v) is 41.5. The number of hydrogen-bond acceptors (Lipinski definition) is 15. The first kappa shape index (κ1) is 91.1. The SMILES string of the molecule is CCCCCCCCCCCCCCCCCCCCC(=O)O[C@H](COC(=O)CCCCCCCCCCCCCCCC(C)C)COP(=O)(O)OC[C@@H](O)COP(=O)(O)OC[C@@H](COC(=O)CCCCCCCCC(C)C)OC(=O)CCCCCCCCCCCC. The molecular weight excluding hydrogens is 1220 g/mol. The number of phosphoric acid groups is 2. The largest absolute Gasteiger partial charge is 0.472 e. The summed E-state index contributed by atoms with van der Waals surface area (Å²) in [5.74, 6) is -0.649. The zero-order valence-electron chi connectivity index (χ0n) is 60.6. The topological polar surface area (TPSA) is 237 Å². The normalized spacial score (nSPS) is 14.1. The molecule has 0 aromatic carbocycles. The standard InChI is InChI=1S/C74H144O17P2/c1-7-9-11-13-15-17-19-20-21-22-23-24-27-31-35-39-47-53-59-74(79)90-69(62-84-71(76)56-50-44-37-34-30-28-25-26-29-32-36-42-48-54-66(3)4)64-88-92(80,81)86-60-68(75)61-87-93(82,83)89-65-70(63-85-72(77)57-51-45-41-40-43-49-55-67(5)6)91-73(78)58-52-46-38-33-18-16-14-12-10-8-2/h66-70,75H,7-65H2,1-6H3,(H,80,81)(H,82,83)/t68-,69-,70-/m1/s1. The number of rotatable bonds is 73. The van der Waals surface area contributed by atoms with E-state index in [0.29, 0.717) is 31.6 Å². The summed E-state index contributed by atoms with van der Waals surface area (Å²) in [7, 11) is -9.90. The summed E-state index contributed by atoms with van der Waals surface area (Å²) in [6, 6.07) is 0. The quantitative estimate of drug-likeness (QED) is 0.0222. The van der Waals surface area contributed by atoms with Crippen LogP contribution in [0, 0.1) is 11.8 Å². The molecule has 0 saturated heterocycles. The zero-order chi connectivity index (χ0) is 68.6. The first-order valence-electron chi connectivity index (χ1n) is 38.5. The van der Waals surface area contributed by atoms with Gasteiger partial charge in [-0.05, 0) is 37.5 Å². The predicted octanol–water partition coefficient (Wildman–Crippen LogP) is 21.6. The minimum Gasteiger partial charge on any atom is -0.462 e. The fraction of sp³-hybridized carbons (Fsp3) is 0.946. The number of aliphatic hydroxyl groups is 1. The molecule has 0 aliphatic rings. The maximum atomic E-state index is 13.1. The van der Waals surface area contributed by atoms with Gasteiger partial charge in [-0.2, -0.15) is 0 Å². The molecular formula is C74H144O17P2. The van der Waals surface area contributed by atoms with Crippen molar-refractivity contribution in [3.8, 4) is 0 Å². The van der Waals surface area contributed by atoms with Gasteiger partial charge in [0, 0.05) is 25.7 Å². The highest BCUT2D eigenvalue weighted by Crippen LogP contribution is 2.45. The lowest BCUT2D eigenvalue weighted by molar-refractivity contribution is -0.161. The van der Waals surface area contributed by atoms with Crippen molar-refractivity contribution >= 4 is 39.5 Å².